The lowest BCUT2D eigenvalue weighted by Crippen LogP contribution is -2.25. The van der Waals surface area contributed by atoms with E-state index in [0.29, 0.717) is 5.92 Å². The van der Waals surface area contributed by atoms with Gasteiger partial charge in [-0.3, -0.25) is 4.99 Å². The lowest BCUT2D eigenvalue weighted by atomic mass is 9.99. The number of nitrogen functional groups attached to an aromatic ring is 1. The molecule has 1 unspecified atom stereocenters. The van der Waals surface area contributed by atoms with Gasteiger partial charge in [0.05, 0.1) is 5.71 Å². The highest BCUT2D eigenvalue weighted by Crippen LogP contribution is 2.47. The van der Waals surface area contributed by atoms with E-state index in [0.717, 1.165) is 24.2 Å². The third-order valence-corrected chi connectivity index (χ3v) is 6.58. The van der Waals surface area contributed by atoms with E-state index in [1.807, 2.05) is 17.8 Å². The average molecular weight is 393 g/mol. The molecule has 2 aliphatic heterocycles. The van der Waals surface area contributed by atoms with E-state index in [1.54, 1.807) is 0 Å². The molecule has 0 aliphatic carbocycles. The van der Waals surface area contributed by atoms with Crippen molar-refractivity contribution >= 4 is 34.5 Å². The van der Waals surface area contributed by atoms with Gasteiger partial charge in [0, 0.05) is 60.8 Å². The molecule has 2 aromatic rings. The number of anilines is 3. The standard InChI is InChI=1S/C23H28N4S/c1-15(2)16-5-10-20(24)19(13-16)23-25-21-11-12-27(14-22(21)28-23)18-8-6-17(7-9-18)26(3)4/h5-10,13-15,23H,11-12,24H2,1-4H3. The molecule has 4 nitrogen and oxygen atoms in total. The predicted octanol–water partition coefficient (Wildman–Crippen LogP) is 5.40. The fourth-order valence-electron chi connectivity index (χ4n) is 3.59. The Bertz CT molecular complexity index is 928. The molecular weight excluding hydrogens is 364 g/mol. The summed E-state index contributed by atoms with van der Waals surface area (Å²) in [6.45, 7) is 5.38. The molecule has 0 aromatic heterocycles. The van der Waals surface area contributed by atoms with Crippen molar-refractivity contribution in [1.29, 1.82) is 0 Å². The van der Waals surface area contributed by atoms with Gasteiger partial charge in [-0.2, -0.15) is 0 Å². The first-order chi connectivity index (χ1) is 13.4. The number of hydrogen-bond donors (Lipinski definition) is 1. The van der Waals surface area contributed by atoms with Gasteiger partial charge in [0.25, 0.3) is 0 Å². The maximum Gasteiger partial charge on any atom is 0.127 e. The summed E-state index contributed by atoms with van der Waals surface area (Å²) in [7, 11) is 4.13. The molecule has 28 heavy (non-hydrogen) atoms. The van der Waals surface area contributed by atoms with Gasteiger partial charge >= 0.3 is 0 Å². The number of hydrogen-bond acceptors (Lipinski definition) is 5. The number of fused-ring (bicyclic) bond motifs is 1. The number of nitrogens with zero attached hydrogens (tertiary/aromatic N) is 3. The SMILES string of the molecule is CC(C)c1ccc(N)c(C2N=C3CCN(c4ccc(N(C)C)cc4)C=C3S2)c1. The Labute approximate surface area is 172 Å². The molecule has 2 heterocycles. The summed E-state index contributed by atoms with van der Waals surface area (Å²) in [6.07, 6.45) is 3.22. The van der Waals surface area contributed by atoms with E-state index in [1.165, 1.54) is 27.6 Å². The van der Waals surface area contributed by atoms with Crippen LogP contribution in [0.25, 0.3) is 0 Å². The van der Waals surface area contributed by atoms with Crippen LogP contribution < -0.4 is 15.5 Å². The highest BCUT2D eigenvalue weighted by Gasteiger charge is 2.29. The highest BCUT2D eigenvalue weighted by atomic mass is 32.2. The van der Waals surface area contributed by atoms with Gasteiger partial charge in [0.1, 0.15) is 5.37 Å². The zero-order valence-electron chi connectivity index (χ0n) is 17.0. The Morgan fingerprint density at radius 2 is 1.89 bits per heavy atom. The molecule has 4 rings (SSSR count). The minimum atomic E-state index is 0.0658. The fourth-order valence-corrected chi connectivity index (χ4v) is 4.82. The van der Waals surface area contributed by atoms with Gasteiger partial charge in [-0.05, 0) is 41.8 Å². The van der Waals surface area contributed by atoms with E-state index < -0.39 is 0 Å². The second kappa shape index (κ2) is 7.55. The largest absolute Gasteiger partial charge is 0.398 e. The summed E-state index contributed by atoms with van der Waals surface area (Å²) in [5.74, 6) is 0.487. The number of thioether (sulfide) groups is 1. The number of allylic oxidation sites excluding steroid dienone is 1. The van der Waals surface area contributed by atoms with Crippen LogP contribution in [0.5, 0.6) is 0 Å². The topological polar surface area (TPSA) is 44.9 Å². The van der Waals surface area contributed by atoms with Gasteiger partial charge in [-0.15, -0.1) is 0 Å². The summed E-state index contributed by atoms with van der Waals surface area (Å²) in [6, 6.07) is 15.1. The molecule has 146 valence electrons. The summed E-state index contributed by atoms with van der Waals surface area (Å²) in [4.78, 5) is 10.7. The average Bonchev–Trinajstić information content (AvgIpc) is 3.11. The smallest absolute Gasteiger partial charge is 0.127 e. The molecule has 0 fully saturated rings. The Morgan fingerprint density at radius 3 is 2.57 bits per heavy atom. The monoisotopic (exact) mass is 392 g/mol. The first-order valence-corrected chi connectivity index (χ1v) is 10.7. The van der Waals surface area contributed by atoms with Crippen molar-refractivity contribution < 1.29 is 0 Å². The summed E-state index contributed by atoms with van der Waals surface area (Å²) >= 11 is 1.82. The van der Waals surface area contributed by atoms with Crippen molar-refractivity contribution in [2.45, 2.75) is 31.6 Å². The molecule has 0 bridgehead atoms. The van der Waals surface area contributed by atoms with Crippen LogP contribution in [-0.4, -0.2) is 26.4 Å². The van der Waals surface area contributed by atoms with Gasteiger partial charge < -0.3 is 15.5 Å². The molecule has 0 amide bonds. The Kier molecular flexibility index (Phi) is 5.11. The number of benzene rings is 2. The van der Waals surface area contributed by atoms with Crippen molar-refractivity contribution in [2.75, 3.05) is 36.2 Å². The zero-order valence-corrected chi connectivity index (χ0v) is 17.8. The Balaban J connectivity index is 1.57. The first kappa shape index (κ1) is 18.9. The zero-order chi connectivity index (χ0) is 19.8. The second-order valence-electron chi connectivity index (χ2n) is 7.94. The van der Waals surface area contributed by atoms with E-state index >= 15 is 0 Å². The number of nitrogens with two attached hydrogens (primary N) is 1. The third kappa shape index (κ3) is 3.63. The maximum atomic E-state index is 6.30. The third-order valence-electron chi connectivity index (χ3n) is 5.40. The normalized spacial score (nSPS) is 18.8. The van der Waals surface area contributed by atoms with E-state index in [2.05, 4.69) is 80.3 Å². The highest BCUT2D eigenvalue weighted by molar-refractivity contribution is 8.04. The van der Waals surface area contributed by atoms with Crippen LogP contribution in [0, 0.1) is 0 Å². The Morgan fingerprint density at radius 1 is 1.14 bits per heavy atom. The molecule has 0 radical (unpaired) electrons. The quantitative estimate of drug-likeness (QED) is 0.708. The molecule has 2 aromatic carbocycles. The molecule has 5 heteroatoms. The van der Waals surface area contributed by atoms with Crippen molar-refractivity contribution in [3.05, 3.63) is 64.7 Å². The molecule has 0 spiro atoms. The Hall–Kier alpha value is -2.40. The van der Waals surface area contributed by atoms with Crippen LogP contribution in [0.1, 0.15) is 42.7 Å². The summed E-state index contributed by atoms with van der Waals surface area (Å²) < 4.78 is 0. The summed E-state index contributed by atoms with van der Waals surface area (Å²) in [5.41, 5.74) is 13.2. The minimum absolute atomic E-state index is 0.0658. The van der Waals surface area contributed by atoms with E-state index in [9.17, 15) is 0 Å². The van der Waals surface area contributed by atoms with Crippen LogP contribution in [0.2, 0.25) is 0 Å². The van der Waals surface area contributed by atoms with Crippen molar-refractivity contribution in [1.82, 2.24) is 0 Å². The van der Waals surface area contributed by atoms with Crippen LogP contribution in [-0.2, 0) is 0 Å². The van der Waals surface area contributed by atoms with Gasteiger partial charge in [-0.1, -0.05) is 37.7 Å². The second-order valence-corrected chi connectivity index (χ2v) is 9.06. The van der Waals surface area contributed by atoms with Gasteiger partial charge in [0.15, 0.2) is 0 Å². The molecule has 2 aliphatic rings. The molecule has 2 N–H and O–H groups in total. The summed E-state index contributed by atoms with van der Waals surface area (Å²) in [5, 5.41) is 0.0658. The fraction of sp³-hybridized carbons (Fsp3) is 0.348. The first-order valence-electron chi connectivity index (χ1n) is 9.81. The lowest BCUT2D eigenvalue weighted by Gasteiger charge is -2.26. The van der Waals surface area contributed by atoms with Gasteiger partial charge in [0.2, 0.25) is 0 Å². The number of aliphatic imine (C=N–C) groups is 1. The predicted molar refractivity (Wildman–Crippen MR) is 124 cm³/mol. The molecule has 0 saturated heterocycles. The van der Waals surface area contributed by atoms with Gasteiger partial charge in [-0.25, -0.2) is 0 Å². The lowest BCUT2D eigenvalue weighted by molar-refractivity contribution is 0.861. The van der Waals surface area contributed by atoms with Crippen molar-refractivity contribution in [2.24, 2.45) is 4.99 Å². The minimum Gasteiger partial charge on any atom is -0.398 e. The van der Waals surface area contributed by atoms with Crippen LogP contribution in [0.4, 0.5) is 17.1 Å². The van der Waals surface area contributed by atoms with Crippen LogP contribution in [0.15, 0.2) is 58.6 Å². The van der Waals surface area contributed by atoms with Crippen LogP contribution >= 0.6 is 11.8 Å². The van der Waals surface area contributed by atoms with E-state index in [4.69, 9.17) is 10.7 Å². The number of rotatable bonds is 4. The van der Waals surface area contributed by atoms with Crippen LogP contribution in [0.3, 0.4) is 0 Å². The molecule has 0 saturated carbocycles. The van der Waals surface area contributed by atoms with Crippen molar-refractivity contribution in [3.8, 4) is 0 Å². The maximum absolute atomic E-state index is 6.30. The van der Waals surface area contributed by atoms with E-state index in [-0.39, 0.29) is 5.37 Å². The van der Waals surface area contributed by atoms with Crippen molar-refractivity contribution in [3.63, 3.8) is 0 Å². The molecular formula is C23H28N4S. The molecule has 1 atom stereocenters.